The van der Waals surface area contributed by atoms with Gasteiger partial charge in [-0.15, -0.1) is 0 Å². The number of nitrogens with zero attached hydrogens (tertiary/aromatic N) is 3. The highest BCUT2D eigenvalue weighted by atomic mass is 16.5. The first-order valence-corrected chi connectivity index (χ1v) is 8.95. The lowest BCUT2D eigenvalue weighted by Crippen LogP contribution is -2.47. The van der Waals surface area contributed by atoms with Gasteiger partial charge in [0, 0.05) is 31.1 Å². The molecule has 0 bridgehead atoms. The molecule has 1 saturated heterocycles. The molecule has 7 nitrogen and oxygen atoms in total. The summed E-state index contributed by atoms with van der Waals surface area (Å²) in [7, 11) is 0. The SMILES string of the molecule is Cc1c(C(=O)N(C(=O)C2CCCNC2)C2CC2)nn2c1OCCC2. The molecule has 1 unspecified atom stereocenters. The van der Waals surface area contributed by atoms with Crippen LogP contribution in [0.2, 0.25) is 0 Å². The number of hydrogen-bond acceptors (Lipinski definition) is 5. The Morgan fingerprint density at radius 1 is 1.29 bits per heavy atom. The topological polar surface area (TPSA) is 76.5 Å². The van der Waals surface area contributed by atoms with Crippen LogP contribution >= 0.6 is 0 Å². The zero-order valence-electron chi connectivity index (χ0n) is 14.1. The smallest absolute Gasteiger partial charge is 0.281 e. The molecule has 0 aromatic carbocycles. The van der Waals surface area contributed by atoms with E-state index in [1.54, 1.807) is 4.68 Å². The van der Waals surface area contributed by atoms with Crippen LogP contribution < -0.4 is 10.1 Å². The molecular formula is C17H24N4O3. The van der Waals surface area contributed by atoms with E-state index in [4.69, 9.17) is 4.74 Å². The second kappa shape index (κ2) is 6.20. The number of aromatic nitrogens is 2. The molecule has 3 aliphatic rings. The Kier molecular flexibility index (Phi) is 4.04. The largest absolute Gasteiger partial charge is 0.478 e. The first-order chi connectivity index (χ1) is 11.7. The highest BCUT2D eigenvalue weighted by Crippen LogP contribution is 2.33. The molecule has 7 heteroatoms. The van der Waals surface area contributed by atoms with Crippen LogP contribution in [-0.2, 0) is 11.3 Å². The molecule has 4 rings (SSSR count). The molecule has 1 atom stereocenters. The average Bonchev–Trinajstić information content (AvgIpc) is 3.39. The van der Waals surface area contributed by atoms with Gasteiger partial charge in [0.15, 0.2) is 5.69 Å². The second-order valence-corrected chi connectivity index (χ2v) is 6.99. The van der Waals surface area contributed by atoms with Crippen molar-refractivity contribution in [2.75, 3.05) is 19.7 Å². The van der Waals surface area contributed by atoms with E-state index < -0.39 is 0 Å². The third kappa shape index (κ3) is 2.70. The van der Waals surface area contributed by atoms with Crippen molar-refractivity contribution in [3.8, 4) is 5.88 Å². The molecule has 1 aromatic rings. The van der Waals surface area contributed by atoms with E-state index in [0.717, 1.165) is 50.8 Å². The highest BCUT2D eigenvalue weighted by molar-refractivity contribution is 6.05. The van der Waals surface area contributed by atoms with Gasteiger partial charge >= 0.3 is 0 Å². The van der Waals surface area contributed by atoms with E-state index in [1.807, 2.05) is 6.92 Å². The Morgan fingerprint density at radius 3 is 2.79 bits per heavy atom. The lowest BCUT2D eigenvalue weighted by molar-refractivity contribution is -0.133. The van der Waals surface area contributed by atoms with Gasteiger partial charge in [-0.2, -0.15) is 5.10 Å². The monoisotopic (exact) mass is 332 g/mol. The van der Waals surface area contributed by atoms with Crippen molar-refractivity contribution in [1.29, 1.82) is 0 Å². The molecule has 1 N–H and O–H groups in total. The van der Waals surface area contributed by atoms with Crippen LogP contribution in [0.3, 0.4) is 0 Å². The minimum atomic E-state index is -0.254. The van der Waals surface area contributed by atoms with E-state index in [9.17, 15) is 9.59 Å². The lowest BCUT2D eigenvalue weighted by atomic mass is 9.97. The van der Waals surface area contributed by atoms with Crippen LogP contribution in [0.4, 0.5) is 0 Å². The van der Waals surface area contributed by atoms with Crippen molar-refractivity contribution in [1.82, 2.24) is 20.0 Å². The number of carbonyl (C=O) groups is 2. The van der Waals surface area contributed by atoms with Crippen molar-refractivity contribution >= 4 is 11.8 Å². The molecule has 3 heterocycles. The zero-order valence-corrected chi connectivity index (χ0v) is 14.1. The molecule has 1 aromatic heterocycles. The molecule has 2 fully saturated rings. The Hall–Kier alpha value is -1.89. The van der Waals surface area contributed by atoms with Crippen molar-refractivity contribution in [2.24, 2.45) is 5.92 Å². The van der Waals surface area contributed by atoms with Crippen molar-refractivity contribution < 1.29 is 14.3 Å². The van der Waals surface area contributed by atoms with Crippen LogP contribution in [0.1, 0.15) is 48.2 Å². The summed E-state index contributed by atoms with van der Waals surface area (Å²) in [5, 5.41) is 7.70. The normalized spacial score (nSPS) is 23.3. The number of aryl methyl sites for hydroxylation is 1. The van der Waals surface area contributed by atoms with E-state index >= 15 is 0 Å². The van der Waals surface area contributed by atoms with Crippen molar-refractivity contribution in [3.63, 3.8) is 0 Å². The Labute approximate surface area is 141 Å². The van der Waals surface area contributed by atoms with Gasteiger partial charge in [0.05, 0.1) is 12.5 Å². The molecule has 2 aliphatic heterocycles. The molecule has 2 amide bonds. The van der Waals surface area contributed by atoms with Gasteiger partial charge in [0.2, 0.25) is 11.8 Å². The second-order valence-electron chi connectivity index (χ2n) is 6.99. The van der Waals surface area contributed by atoms with Gasteiger partial charge < -0.3 is 10.1 Å². The first kappa shape index (κ1) is 15.6. The van der Waals surface area contributed by atoms with Gasteiger partial charge in [-0.25, -0.2) is 4.68 Å². The number of rotatable bonds is 3. The number of piperidine rings is 1. The van der Waals surface area contributed by atoms with Crippen LogP contribution in [-0.4, -0.2) is 52.2 Å². The Balaban J connectivity index is 1.60. The maximum atomic E-state index is 13.1. The minimum Gasteiger partial charge on any atom is -0.478 e. The van der Waals surface area contributed by atoms with E-state index in [1.165, 1.54) is 4.90 Å². The van der Waals surface area contributed by atoms with E-state index in [0.29, 0.717) is 24.7 Å². The third-order valence-corrected chi connectivity index (χ3v) is 5.10. The summed E-state index contributed by atoms with van der Waals surface area (Å²) >= 11 is 0. The fraction of sp³-hybridized carbons (Fsp3) is 0.706. The number of carbonyl (C=O) groups excluding carboxylic acids is 2. The van der Waals surface area contributed by atoms with E-state index in [2.05, 4.69) is 10.4 Å². The maximum absolute atomic E-state index is 13.1. The van der Waals surface area contributed by atoms with Crippen LogP contribution in [0.5, 0.6) is 5.88 Å². The van der Waals surface area contributed by atoms with Crippen LogP contribution in [0, 0.1) is 12.8 Å². The maximum Gasteiger partial charge on any atom is 0.281 e. The zero-order chi connectivity index (χ0) is 16.7. The van der Waals surface area contributed by atoms with E-state index in [-0.39, 0.29) is 23.8 Å². The first-order valence-electron chi connectivity index (χ1n) is 8.95. The Morgan fingerprint density at radius 2 is 2.12 bits per heavy atom. The fourth-order valence-electron chi connectivity index (χ4n) is 3.61. The fourth-order valence-corrected chi connectivity index (χ4v) is 3.61. The summed E-state index contributed by atoms with van der Waals surface area (Å²) in [6.07, 6.45) is 4.53. The summed E-state index contributed by atoms with van der Waals surface area (Å²) in [6, 6.07) is 0.0472. The summed E-state index contributed by atoms with van der Waals surface area (Å²) in [5.74, 6) is 0.279. The van der Waals surface area contributed by atoms with Gasteiger partial charge in [0.25, 0.3) is 5.91 Å². The average molecular weight is 332 g/mol. The van der Waals surface area contributed by atoms with Crippen LogP contribution in [0.25, 0.3) is 0 Å². The van der Waals surface area contributed by atoms with Gasteiger partial charge in [-0.05, 0) is 39.2 Å². The molecular weight excluding hydrogens is 308 g/mol. The predicted molar refractivity (Wildman–Crippen MR) is 86.9 cm³/mol. The molecule has 24 heavy (non-hydrogen) atoms. The number of hydrogen-bond donors (Lipinski definition) is 1. The molecule has 1 aliphatic carbocycles. The van der Waals surface area contributed by atoms with Gasteiger partial charge in [-0.3, -0.25) is 14.5 Å². The van der Waals surface area contributed by atoms with Crippen LogP contribution in [0.15, 0.2) is 0 Å². The lowest BCUT2D eigenvalue weighted by Gasteiger charge is -2.28. The summed E-state index contributed by atoms with van der Waals surface area (Å²) < 4.78 is 7.41. The molecule has 1 saturated carbocycles. The number of ether oxygens (including phenoxy) is 1. The standard InChI is InChI=1S/C17H24N4O3/c1-11-14(19-20-8-3-9-24-17(11)20)16(23)21(13-5-6-13)15(22)12-4-2-7-18-10-12/h12-13,18H,2-10H2,1H3. The Bertz CT molecular complexity index is 659. The predicted octanol–water partition coefficient (Wildman–Crippen LogP) is 1.10. The third-order valence-electron chi connectivity index (χ3n) is 5.10. The number of imide groups is 1. The number of fused-ring (bicyclic) bond motifs is 1. The number of nitrogens with one attached hydrogen (secondary N) is 1. The summed E-state index contributed by atoms with van der Waals surface area (Å²) in [5.41, 5.74) is 1.12. The number of amides is 2. The summed E-state index contributed by atoms with van der Waals surface area (Å²) in [4.78, 5) is 27.5. The molecule has 0 radical (unpaired) electrons. The minimum absolute atomic E-state index is 0.0407. The van der Waals surface area contributed by atoms with Gasteiger partial charge in [-0.1, -0.05) is 0 Å². The van der Waals surface area contributed by atoms with Crippen molar-refractivity contribution in [2.45, 2.75) is 51.6 Å². The molecule has 0 spiro atoms. The highest BCUT2D eigenvalue weighted by Gasteiger charge is 2.42. The van der Waals surface area contributed by atoms with Crippen molar-refractivity contribution in [3.05, 3.63) is 11.3 Å². The van der Waals surface area contributed by atoms with Gasteiger partial charge in [0.1, 0.15) is 0 Å². The molecule has 130 valence electrons. The summed E-state index contributed by atoms with van der Waals surface area (Å²) in [6.45, 7) is 4.88. The quantitative estimate of drug-likeness (QED) is 0.839.